The molecule has 1 fully saturated rings. The van der Waals surface area contributed by atoms with E-state index in [0.29, 0.717) is 44.0 Å². The molecule has 1 N–H and O–H groups in total. The summed E-state index contributed by atoms with van der Waals surface area (Å²) in [6.45, 7) is 3.80. The zero-order chi connectivity index (χ0) is 17.9. The minimum atomic E-state index is -4.76. The van der Waals surface area contributed by atoms with Gasteiger partial charge in [0, 0.05) is 38.3 Å². The average Bonchev–Trinajstić information content (AvgIpc) is 2.55. The number of nitrogens with zero attached hydrogens (tertiary/aromatic N) is 2. The van der Waals surface area contributed by atoms with Crippen molar-refractivity contribution < 1.29 is 27.4 Å². The van der Waals surface area contributed by atoms with E-state index in [-0.39, 0.29) is 18.3 Å². The molecule has 0 radical (unpaired) electrons. The lowest BCUT2D eigenvalue weighted by Crippen LogP contribution is -2.51. The third kappa shape index (κ3) is 4.68. The fourth-order valence-electron chi connectivity index (χ4n) is 2.96. The summed E-state index contributed by atoms with van der Waals surface area (Å²) in [6.07, 6.45) is -4.09. The van der Waals surface area contributed by atoms with E-state index in [1.54, 1.807) is 9.80 Å². The van der Waals surface area contributed by atoms with Gasteiger partial charge in [0.05, 0.1) is 13.2 Å². The first kappa shape index (κ1) is 17.7. The van der Waals surface area contributed by atoms with Crippen molar-refractivity contribution in [3.05, 3.63) is 23.8 Å². The number of nitrogens with one attached hydrogen (secondary N) is 1. The van der Waals surface area contributed by atoms with Gasteiger partial charge in [-0.1, -0.05) is 0 Å². The van der Waals surface area contributed by atoms with E-state index in [1.807, 2.05) is 0 Å². The van der Waals surface area contributed by atoms with Crippen LogP contribution in [-0.4, -0.2) is 61.5 Å². The number of hydrogen-bond acceptors (Lipinski definition) is 4. The molecule has 0 bridgehead atoms. The Hall–Kier alpha value is -2.16. The number of carbonyl (C=O) groups excluding carboxylic acids is 1. The summed E-state index contributed by atoms with van der Waals surface area (Å²) in [5.74, 6) is 0.164. The Balaban J connectivity index is 1.78. The molecule has 138 valence electrons. The van der Waals surface area contributed by atoms with Gasteiger partial charge in [0.15, 0.2) is 0 Å². The Morgan fingerprint density at radius 2 is 1.92 bits per heavy atom. The van der Waals surface area contributed by atoms with Crippen molar-refractivity contribution in [2.75, 3.05) is 39.3 Å². The van der Waals surface area contributed by atoms with Crippen molar-refractivity contribution in [1.82, 2.24) is 15.1 Å². The van der Waals surface area contributed by atoms with Gasteiger partial charge in [0.1, 0.15) is 11.5 Å². The number of hydrogen-bond donors (Lipinski definition) is 1. The monoisotopic (exact) mass is 359 g/mol. The highest BCUT2D eigenvalue weighted by molar-refractivity contribution is 5.74. The number of ether oxygens (including phenoxy) is 2. The van der Waals surface area contributed by atoms with Gasteiger partial charge >= 0.3 is 12.4 Å². The molecule has 0 unspecified atom stereocenters. The molecular weight excluding hydrogens is 339 g/mol. The van der Waals surface area contributed by atoms with Crippen LogP contribution in [0.4, 0.5) is 18.0 Å². The van der Waals surface area contributed by atoms with Crippen molar-refractivity contribution in [3.8, 4) is 11.5 Å². The molecule has 2 amide bonds. The number of urea groups is 1. The second-order valence-corrected chi connectivity index (χ2v) is 5.96. The molecule has 2 heterocycles. The smallest absolute Gasteiger partial charge is 0.493 e. The first-order valence-corrected chi connectivity index (χ1v) is 8.18. The van der Waals surface area contributed by atoms with E-state index < -0.39 is 6.36 Å². The van der Waals surface area contributed by atoms with Crippen molar-refractivity contribution in [3.63, 3.8) is 0 Å². The number of piperazine rings is 1. The highest BCUT2D eigenvalue weighted by Gasteiger charge is 2.32. The molecule has 9 heteroatoms. The van der Waals surface area contributed by atoms with E-state index in [0.717, 1.165) is 13.1 Å². The minimum Gasteiger partial charge on any atom is -0.493 e. The van der Waals surface area contributed by atoms with Crippen LogP contribution in [0.2, 0.25) is 0 Å². The minimum absolute atomic E-state index is 0.100. The number of amides is 2. The summed E-state index contributed by atoms with van der Waals surface area (Å²) in [5.41, 5.74) is 0.505. The van der Waals surface area contributed by atoms with Gasteiger partial charge < -0.3 is 24.6 Å². The van der Waals surface area contributed by atoms with Gasteiger partial charge in [-0.05, 0) is 24.6 Å². The average molecular weight is 359 g/mol. The second kappa shape index (κ2) is 7.38. The summed E-state index contributed by atoms with van der Waals surface area (Å²) in [6, 6.07) is 3.86. The van der Waals surface area contributed by atoms with Gasteiger partial charge in [0.25, 0.3) is 0 Å². The number of alkyl halides is 3. The molecule has 0 aliphatic carbocycles. The topological polar surface area (TPSA) is 54.0 Å². The SMILES string of the molecule is O=C(N1CCNCC1)N1CCCOc2ccc(OC(F)(F)F)cc2C1. The maximum absolute atomic E-state index is 12.7. The summed E-state index contributed by atoms with van der Waals surface area (Å²) < 4.78 is 46.9. The number of halogens is 3. The first-order chi connectivity index (χ1) is 11.9. The van der Waals surface area contributed by atoms with Crippen LogP contribution >= 0.6 is 0 Å². The normalized spacial score (nSPS) is 18.7. The summed E-state index contributed by atoms with van der Waals surface area (Å²) in [5, 5.41) is 3.18. The number of carbonyl (C=O) groups is 1. The number of fused-ring (bicyclic) bond motifs is 1. The van der Waals surface area contributed by atoms with Crippen molar-refractivity contribution >= 4 is 6.03 Å². The zero-order valence-corrected chi connectivity index (χ0v) is 13.6. The van der Waals surface area contributed by atoms with Crippen LogP contribution in [-0.2, 0) is 6.54 Å². The van der Waals surface area contributed by atoms with Crippen LogP contribution in [0, 0.1) is 0 Å². The van der Waals surface area contributed by atoms with E-state index in [9.17, 15) is 18.0 Å². The third-order valence-corrected chi connectivity index (χ3v) is 4.11. The fraction of sp³-hybridized carbons (Fsp3) is 0.562. The molecule has 1 aromatic rings. The quantitative estimate of drug-likeness (QED) is 0.835. The predicted molar refractivity (Wildman–Crippen MR) is 83.5 cm³/mol. The summed E-state index contributed by atoms with van der Waals surface area (Å²) in [7, 11) is 0. The van der Waals surface area contributed by atoms with Crippen molar-refractivity contribution in [2.24, 2.45) is 0 Å². The predicted octanol–water partition coefficient (Wildman–Crippen LogP) is 2.19. The van der Waals surface area contributed by atoms with Crippen LogP contribution < -0.4 is 14.8 Å². The standard InChI is InChI=1S/C16H20F3N3O3/c17-16(18,19)25-13-2-3-14-12(10-13)11-22(6-1-9-24-14)15(23)21-7-4-20-5-8-21/h2-3,10,20H,1,4-9,11H2. The Kier molecular flexibility index (Phi) is 5.22. The zero-order valence-electron chi connectivity index (χ0n) is 13.6. The molecule has 1 saturated heterocycles. The maximum Gasteiger partial charge on any atom is 0.573 e. The van der Waals surface area contributed by atoms with Gasteiger partial charge in [-0.2, -0.15) is 0 Å². The van der Waals surface area contributed by atoms with Crippen molar-refractivity contribution in [2.45, 2.75) is 19.3 Å². The van der Waals surface area contributed by atoms with Crippen molar-refractivity contribution in [1.29, 1.82) is 0 Å². The Morgan fingerprint density at radius 3 is 2.64 bits per heavy atom. The summed E-state index contributed by atoms with van der Waals surface area (Å²) >= 11 is 0. The molecule has 0 aromatic heterocycles. The molecule has 0 spiro atoms. The van der Waals surface area contributed by atoms with E-state index >= 15 is 0 Å². The number of benzene rings is 1. The fourth-order valence-corrected chi connectivity index (χ4v) is 2.96. The lowest BCUT2D eigenvalue weighted by atomic mass is 10.1. The van der Waals surface area contributed by atoms with Crippen LogP contribution in [0.5, 0.6) is 11.5 Å². The van der Waals surface area contributed by atoms with Crippen LogP contribution in [0.1, 0.15) is 12.0 Å². The lowest BCUT2D eigenvalue weighted by Gasteiger charge is -2.34. The molecule has 6 nitrogen and oxygen atoms in total. The van der Waals surface area contributed by atoms with E-state index in [4.69, 9.17) is 4.74 Å². The first-order valence-electron chi connectivity index (χ1n) is 8.18. The third-order valence-electron chi connectivity index (χ3n) is 4.11. The second-order valence-electron chi connectivity index (χ2n) is 5.96. The van der Waals surface area contributed by atoms with Gasteiger partial charge in [-0.25, -0.2) is 4.79 Å². The van der Waals surface area contributed by atoms with Gasteiger partial charge in [-0.15, -0.1) is 13.2 Å². The van der Waals surface area contributed by atoms with Crippen LogP contribution in [0.15, 0.2) is 18.2 Å². The molecule has 0 atom stereocenters. The largest absolute Gasteiger partial charge is 0.573 e. The molecule has 1 aromatic carbocycles. The van der Waals surface area contributed by atoms with Gasteiger partial charge in [-0.3, -0.25) is 0 Å². The Morgan fingerprint density at radius 1 is 1.16 bits per heavy atom. The maximum atomic E-state index is 12.7. The van der Waals surface area contributed by atoms with Gasteiger partial charge in [0.2, 0.25) is 0 Å². The highest BCUT2D eigenvalue weighted by Crippen LogP contribution is 2.30. The lowest BCUT2D eigenvalue weighted by molar-refractivity contribution is -0.274. The molecule has 2 aliphatic rings. The summed E-state index contributed by atoms with van der Waals surface area (Å²) in [4.78, 5) is 16.1. The highest BCUT2D eigenvalue weighted by atomic mass is 19.4. The van der Waals surface area contributed by atoms with Crippen LogP contribution in [0.3, 0.4) is 0 Å². The van der Waals surface area contributed by atoms with E-state index in [1.165, 1.54) is 18.2 Å². The molecule has 25 heavy (non-hydrogen) atoms. The Labute approximate surface area is 143 Å². The van der Waals surface area contributed by atoms with E-state index in [2.05, 4.69) is 10.1 Å². The number of rotatable bonds is 1. The van der Waals surface area contributed by atoms with Crippen LogP contribution in [0.25, 0.3) is 0 Å². The molecule has 3 rings (SSSR count). The molecule has 2 aliphatic heterocycles. The molecular formula is C16H20F3N3O3. The molecule has 0 saturated carbocycles. The Bertz CT molecular complexity index is 618.